The fourth-order valence-corrected chi connectivity index (χ4v) is 2.12. The molecule has 1 unspecified atom stereocenters. The normalized spacial score (nSPS) is 16.7. The second-order valence-corrected chi connectivity index (χ2v) is 7.82. The van der Waals surface area contributed by atoms with Crippen LogP contribution in [0.15, 0.2) is 0 Å². The molecule has 0 bridgehead atoms. The van der Waals surface area contributed by atoms with E-state index in [9.17, 15) is 18.0 Å². The molecule has 0 amide bonds. The Balaban J connectivity index is 4.94. The number of carbonyl (C=O) groups is 1. The lowest BCUT2D eigenvalue weighted by molar-refractivity contribution is -0.174. The molecular formula is C15H27F3O2. The van der Waals surface area contributed by atoms with E-state index in [4.69, 9.17) is 4.74 Å². The third kappa shape index (κ3) is 6.14. The highest BCUT2D eigenvalue weighted by molar-refractivity contribution is 5.77. The summed E-state index contributed by atoms with van der Waals surface area (Å²) in [7, 11) is 0. The van der Waals surface area contributed by atoms with E-state index in [0.717, 1.165) is 0 Å². The Labute approximate surface area is 120 Å². The maximum absolute atomic E-state index is 12.3. The van der Waals surface area contributed by atoms with Gasteiger partial charge >= 0.3 is 12.1 Å². The molecule has 0 aliphatic rings. The Morgan fingerprint density at radius 3 is 1.70 bits per heavy atom. The minimum absolute atomic E-state index is 0.120. The third-order valence-electron chi connectivity index (χ3n) is 3.61. The monoisotopic (exact) mass is 296 g/mol. The number of esters is 1. The van der Waals surface area contributed by atoms with Gasteiger partial charge in [-0.2, -0.15) is 13.2 Å². The number of alkyl halides is 3. The summed E-state index contributed by atoms with van der Waals surface area (Å²) >= 11 is 0. The predicted octanol–water partition coefficient (Wildman–Crippen LogP) is 4.97. The second kappa shape index (κ2) is 5.94. The van der Waals surface area contributed by atoms with Gasteiger partial charge in [-0.3, -0.25) is 4.79 Å². The summed E-state index contributed by atoms with van der Waals surface area (Å²) in [6, 6.07) is 0. The van der Waals surface area contributed by atoms with Gasteiger partial charge in [-0.15, -0.1) is 0 Å². The quantitative estimate of drug-likeness (QED) is 0.685. The summed E-state index contributed by atoms with van der Waals surface area (Å²) in [5.41, 5.74) is -1.34. The van der Waals surface area contributed by atoms with Crippen LogP contribution < -0.4 is 0 Å². The lowest BCUT2D eigenvalue weighted by Crippen LogP contribution is -2.44. The summed E-state index contributed by atoms with van der Waals surface area (Å²) in [5.74, 6) is -0.552. The van der Waals surface area contributed by atoms with Crippen molar-refractivity contribution >= 4 is 5.97 Å². The van der Waals surface area contributed by atoms with Crippen LogP contribution in [0.1, 0.15) is 61.3 Å². The zero-order chi connectivity index (χ0) is 16.4. The average Bonchev–Trinajstić information content (AvgIpc) is 2.10. The van der Waals surface area contributed by atoms with Gasteiger partial charge in [0.05, 0.1) is 18.4 Å². The number of hydrogen-bond donors (Lipinski definition) is 0. The van der Waals surface area contributed by atoms with Crippen LogP contribution in [-0.4, -0.2) is 18.8 Å². The lowest BCUT2D eigenvalue weighted by atomic mass is 9.61. The van der Waals surface area contributed by atoms with Crippen LogP contribution in [0.2, 0.25) is 0 Å². The van der Waals surface area contributed by atoms with Crippen LogP contribution in [0, 0.1) is 16.2 Å². The molecule has 0 saturated heterocycles. The van der Waals surface area contributed by atoms with Crippen molar-refractivity contribution in [2.75, 3.05) is 6.61 Å². The molecular weight excluding hydrogens is 269 g/mol. The highest BCUT2D eigenvalue weighted by Gasteiger charge is 2.47. The van der Waals surface area contributed by atoms with Gasteiger partial charge in [-0.05, 0) is 24.2 Å². The van der Waals surface area contributed by atoms with E-state index < -0.39 is 36.0 Å². The van der Waals surface area contributed by atoms with Crippen molar-refractivity contribution < 1.29 is 22.7 Å². The molecule has 0 heterocycles. The van der Waals surface area contributed by atoms with Crippen LogP contribution in [0.25, 0.3) is 0 Å². The summed E-state index contributed by atoms with van der Waals surface area (Å²) in [6.45, 7) is 12.9. The smallest absolute Gasteiger partial charge is 0.392 e. The summed E-state index contributed by atoms with van der Waals surface area (Å²) in [6.07, 6.45) is -4.86. The van der Waals surface area contributed by atoms with Crippen molar-refractivity contribution in [3.8, 4) is 0 Å². The van der Waals surface area contributed by atoms with Gasteiger partial charge in [0.1, 0.15) is 0 Å². The van der Waals surface area contributed by atoms with Crippen LogP contribution in [0.5, 0.6) is 0 Å². The van der Waals surface area contributed by atoms with Gasteiger partial charge in [0, 0.05) is 0 Å². The largest absolute Gasteiger partial charge is 0.465 e. The van der Waals surface area contributed by atoms with E-state index in [2.05, 4.69) is 0 Å². The van der Waals surface area contributed by atoms with Gasteiger partial charge < -0.3 is 4.74 Å². The Bertz CT molecular complexity index is 334. The predicted molar refractivity (Wildman–Crippen MR) is 73.3 cm³/mol. The molecule has 0 aromatic heterocycles. The second-order valence-electron chi connectivity index (χ2n) is 7.82. The summed E-state index contributed by atoms with van der Waals surface area (Å²) in [5, 5.41) is 0. The molecule has 20 heavy (non-hydrogen) atoms. The molecule has 0 N–H and O–H groups in total. The molecule has 2 nitrogen and oxygen atoms in total. The van der Waals surface area contributed by atoms with Crippen LogP contribution in [0.4, 0.5) is 13.2 Å². The molecule has 0 saturated carbocycles. The van der Waals surface area contributed by atoms with E-state index in [1.807, 2.05) is 41.5 Å². The SMILES string of the molecule is CC(C)(C)CC(C)(C(=O)OCCC(F)(F)F)C(C)(C)C. The van der Waals surface area contributed by atoms with Gasteiger partial charge in [0.15, 0.2) is 0 Å². The number of hydrogen-bond acceptors (Lipinski definition) is 2. The van der Waals surface area contributed by atoms with Crippen LogP contribution in [0.3, 0.4) is 0 Å². The Kier molecular flexibility index (Phi) is 5.72. The highest BCUT2D eigenvalue weighted by Crippen LogP contribution is 2.47. The fraction of sp³-hybridized carbons (Fsp3) is 0.933. The Hall–Kier alpha value is -0.740. The maximum atomic E-state index is 12.3. The molecule has 0 aliphatic heterocycles. The topological polar surface area (TPSA) is 26.3 Å². The first-order valence-corrected chi connectivity index (χ1v) is 6.82. The van der Waals surface area contributed by atoms with Crippen LogP contribution in [-0.2, 0) is 9.53 Å². The molecule has 1 atom stereocenters. The van der Waals surface area contributed by atoms with Gasteiger partial charge in [0.25, 0.3) is 0 Å². The van der Waals surface area contributed by atoms with Crippen LogP contribution >= 0.6 is 0 Å². The number of rotatable bonds is 4. The third-order valence-corrected chi connectivity index (χ3v) is 3.61. The molecule has 0 fully saturated rings. The van der Waals surface area contributed by atoms with E-state index in [0.29, 0.717) is 6.42 Å². The van der Waals surface area contributed by atoms with E-state index in [-0.39, 0.29) is 5.41 Å². The molecule has 0 radical (unpaired) electrons. The molecule has 120 valence electrons. The highest BCUT2D eigenvalue weighted by atomic mass is 19.4. The Morgan fingerprint density at radius 2 is 1.40 bits per heavy atom. The van der Waals surface area contributed by atoms with E-state index in [1.54, 1.807) is 6.92 Å². The molecule has 0 aromatic carbocycles. The van der Waals surface area contributed by atoms with Gasteiger partial charge in [0.2, 0.25) is 0 Å². The van der Waals surface area contributed by atoms with Crippen molar-refractivity contribution in [3.63, 3.8) is 0 Å². The maximum Gasteiger partial charge on any atom is 0.392 e. The zero-order valence-corrected chi connectivity index (χ0v) is 13.6. The van der Waals surface area contributed by atoms with Crippen molar-refractivity contribution in [2.24, 2.45) is 16.2 Å². The molecule has 0 spiro atoms. The summed E-state index contributed by atoms with van der Waals surface area (Å²) < 4.78 is 41.2. The number of halogens is 3. The number of ether oxygens (including phenoxy) is 1. The standard InChI is InChI=1S/C15H27F3O2/c1-12(2,3)10-14(7,13(4,5)6)11(19)20-9-8-15(16,17)18/h8-10H2,1-7H3. The lowest BCUT2D eigenvalue weighted by Gasteiger charge is -2.43. The molecule has 0 rings (SSSR count). The van der Waals surface area contributed by atoms with Crippen molar-refractivity contribution in [2.45, 2.75) is 67.5 Å². The van der Waals surface area contributed by atoms with E-state index >= 15 is 0 Å². The first-order chi connectivity index (χ1) is 8.58. The van der Waals surface area contributed by atoms with Gasteiger partial charge in [-0.25, -0.2) is 0 Å². The van der Waals surface area contributed by atoms with Crippen molar-refractivity contribution in [1.82, 2.24) is 0 Å². The molecule has 5 heteroatoms. The average molecular weight is 296 g/mol. The number of carbonyl (C=O) groups excluding carboxylic acids is 1. The summed E-state index contributed by atoms with van der Waals surface area (Å²) in [4.78, 5) is 12.3. The van der Waals surface area contributed by atoms with Crippen molar-refractivity contribution in [1.29, 1.82) is 0 Å². The molecule has 0 aromatic rings. The minimum atomic E-state index is -4.30. The minimum Gasteiger partial charge on any atom is -0.465 e. The van der Waals surface area contributed by atoms with Gasteiger partial charge in [-0.1, -0.05) is 41.5 Å². The first-order valence-electron chi connectivity index (χ1n) is 6.82. The molecule has 0 aliphatic carbocycles. The van der Waals surface area contributed by atoms with E-state index in [1.165, 1.54) is 0 Å². The fourth-order valence-electron chi connectivity index (χ4n) is 2.12. The zero-order valence-electron chi connectivity index (χ0n) is 13.6. The van der Waals surface area contributed by atoms with Crippen molar-refractivity contribution in [3.05, 3.63) is 0 Å². The first kappa shape index (κ1) is 19.3. The Morgan fingerprint density at radius 1 is 0.950 bits per heavy atom.